The maximum Gasteiger partial charge on any atom is 0.331 e. The van der Waals surface area contributed by atoms with E-state index in [2.05, 4.69) is 10.6 Å². The second kappa shape index (κ2) is 10.1. The van der Waals surface area contributed by atoms with Gasteiger partial charge < -0.3 is 14.0 Å². The highest BCUT2D eigenvalue weighted by molar-refractivity contribution is 7.09. The Labute approximate surface area is 180 Å². The lowest BCUT2D eigenvalue weighted by atomic mass is 10.1. The van der Waals surface area contributed by atoms with Crippen LogP contribution in [0.25, 0.3) is 6.08 Å². The molecule has 0 saturated carbocycles. The Bertz CT molecular complexity index is 1030. The number of Topliss-reactive ketones (excluding diaryl/α,β-unsaturated/α-hetero) is 1. The molecule has 0 fully saturated rings. The van der Waals surface area contributed by atoms with Crippen LogP contribution in [0.4, 0.5) is 0 Å². The molecule has 0 saturated heterocycles. The van der Waals surface area contributed by atoms with Crippen molar-refractivity contribution in [1.29, 1.82) is 0 Å². The fourth-order valence-electron chi connectivity index (χ4n) is 3.15. The molecule has 3 aromatic rings. The third kappa shape index (κ3) is 5.48. The standard InChI is InChI=1S/C24H25NO4S/c1-4-28-20-10-7-19(8-11-20)9-12-24(27)29-16-23(26)22-14-17(2)25(18(22)3)15-21-6-5-13-30-21/h5-14H,4,15-16H2,1-3H3/b12-9+. The van der Waals surface area contributed by atoms with Gasteiger partial charge in [0.1, 0.15) is 5.75 Å². The maximum absolute atomic E-state index is 12.6. The summed E-state index contributed by atoms with van der Waals surface area (Å²) >= 11 is 1.68. The van der Waals surface area contributed by atoms with Crippen LogP contribution in [0.5, 0.6) is 5.75 Å². The first-order chi connectivity index (χ1) is 14.5. The average molecular weight is 424 g/mol. The topological polar surface area (TPSA) is 57.5 Å². The van der Waals surface area contributed by atoms with E-state index in [9.17, 15) is 9.59 Å². The zero-order valence-electron chi connectivity index (χ0n) is 17.4. The summed E-state index contributed by atoms with van der Waals surface area (Å²) in [6, 6.07) is 13.3. The number of aryl methyl sites for hydroxylation is 1. The van der Waals surface area contributed by atoms with E-state index < -0.39 is 5.97 Å². The summed E-state index contributed by atoms with van der Waals surface area (Å²) in [7, 11) is 0. The molecule has 0 spiro atoms. The first-order valence-corrected chi connectivity index (χ1v) is 10.7. The van der Waals surface area contributed by atoms with E-state index in [1.165, 1.54) is 11.0 Å². The summed E-state index contributed by atoms with van der Waals surface area (Å²) in [6.07, 6.45) is 2.97. The van der Waals surface area contributed by atoms with Gasteiger partial charge in [0.15, 0.2) is 6.61 Å². The molecule has 5 nitrogen and oxygen atoms in total. The van der Waals surface area contributed by atoms with Gasteiger partial charge in [-0.2, -0.15) is 0 Å². The molecule has 0 atom stereocenters. The number of aromatic nitrogens is 1. The summed E-state index contributed by atoms with van der Waals surface area (Å²) in [5, 5.41) is 2.04. The highest BCUT2D eigenvalue weighted by Gasteiger charge is 2.17. The Morgan fingerprint density at radius 1 is 1.13 bits per heavy atom. The molecule has 1 aromatic carbocycles. The van der Waals surface area contributed by atoms with E-state index in [4.69, 9.17) is 9.47 Å². The van der Waals surface area contributed by atoms with Crippen molar-refractivity contribution in [3.05, 3.63) is 81.3 Å². The molecule has 0 unspecified atom stereocenters. The summed E-state index contributed by atoms with van der Waals surface area (Å²) in [4.78, 5) is 25.8. The van der Waals surface area contributed by atoms with Gasteiger partial charge in [0.25, 0.3) is 0 Å². The third-order valence-corrected chi connectivity index (χ3v) is 5.58. The second-order valence-electron chi connectivity index (χ2n) is 6.82. The van der Waals surface area contributed by atoms with Crippen LogP contribution in [0.2, 0.25) is 0 Å². The number of carbonyl (C=O) groups is 2. The van der Waals surface area contributed by atoms with E-state index in [0.717, 1.165) is 29.2 Å². The van der Waals surface area contributed by atoms with Crippen LogP contribution in [-0.4, -0.2) is 29.5 Å². The number of thiophene rings is 1. The lowest BCUT2D eigenvalue weighted by molar-refractivity contribution is -0.136. The number of hydrogen-bond donors (Lipinski definition) is 0. The van der Waals surface area contributed by atoms with Crippen LogP contribution in [0.3, 0.4) is 0 Å². The number of hydrogen-bond acceptors (Lipinski definition) is 5. The number of rotatable bonds is 9. The van der Waals surface area contributed by atoms with E-state index in [1.54, 1.807) is 17.4 Å². The van der Waals surface area contributed by atoms with Gasteiger partial charge in [0.2, 0.25) is 5.78 Å². The fraction of sp³-hybridized carbons (Fsp3) is 0.250. The predicted molar refractivity (Wildman–Crippen MR) is 119 cm³/mol. The molecule has 2 aromatic heterocycles. The molecule has 0 N–H and O–H groups in total. The Hall–Kier alpha value is -3.12. The van der Waals surface area contributed by atoms with Crippen LogP contribution >= 0.6 is 11.3 Å². The number of benzene rings is 1. The molecule has 0 aliphatic carbocycles. The molecule has 30 heavy (non-hydrogen) atoms. The molecule has 3 rings (SSSR count). The molecule has 2 heterocycles. The number of ether oxygens (including phenoxy) is 2. The van der Waals surface area contributed by atoms with Crippen molar-refractivity contribution in [3.8, 4) is 5.75 Å². The smallest absolute Gasteiger partial charge is 0.331 e. The summed E-state index contributed by atoms with van der Waals surface area (Å²) in [6.45, 7) is 6.87. The minimum atomic E-state index is -0.551. The van der Waals surface area contributed by atoms with E-state index in [0.29, 0.717) is 12.2 Å². The average Bonchev–Trinajstić information content (AvgIpc) is 3.35. The fourth-order valence-corrected chi connectivity index (χ4v) is 3.85. The lowest BCUT2D eigenvalue weighted by Gasteiger charge is -2.08. The normalized spacial score (nSPS) is 11.0. The number of esters is 1. The van der Waals surface area contributed by atoms with Crippen molar-refractivity contribution in [3.63, 3.8) is 0 Å². The van der Waals surface area contributed by atoms with Crippen molar-refractivity contribution in [2.45, 2.75) is 27.3 Å². The second-order valence-corrected chi connectivity index (χ2v) is 7.85. The zero-order valence-corrected chi connectivity index (χ0v) is 18.2. The predicted octanol–water partition coefficient (Wildman–Crippen LogP) is 5.05. The van der Waals surface area contributed by atoms with Crippen LogP contribution in [0.15, 0.2) is 53.9 Å². The van der Waals surface area contributed by atoms with Gasteiger partial charge in [-0.3, -0.25) is 4.79 Å². The van der Waals surface area contributed by atoms with Gasteiger partial charge in [-0.25, -0.2) is 4.79 Å². The summed E-state index contributed by atoms with van der Waals surface area (Å²) in [5.41, 5.74) is 3.32. The molecule has 0 amide bonds. The zero-order chi connectivity index (χ0) is 21.5. The first-order valence-electron chi connectivity index (χ1n) is 9.78. The molecule has 0 radical (unpaired) electrons. The molecule has 0 aliphatic heterocycles. The minimum Gasteiger partial charge on any atom is -0.494 e. The van der Waals surface area contributed by atoms with E-state index >= 15 is 0 Å². The SMILES string of the molecule is CCOc1ccc(/C=C/C(=O)OCC(=O)c2cc(C)n(Cc3cccs3)c2C)cc1. The highest BCUT2D eigenvalue weighted by Crippen LogP contribution is 2.20. The molecule has 0 aliphatic rings. The van der Waals surface area contributed by atoms with Crippen molar-refractivity contribution in [2.24, 2.45) is 0 Å². The van der Waals surface area contributed by atoms with E-state index in [1.807, 2.05) is 62.5 Å². The minimum absolute atomic E-state index is 0.205. The quantitative estimate of drug-likeness (QED) is 0.274. The number of nitrogens with zero attached hydrogens (tertiary/aromatic N) is 1. The van der Waals surface area contributed by atoms with Crippen LogP contribution < -0.4 is 4.74 Å². The van der Waals surface area contributed by atoms with Gasteiger partial charge >= 0.3 is 5.97 Å². The Morgan fingerprint density at radius 3 is 2.57 bits per heavy atom. The van der Waals surface area contributed by atoms with Gasteiger partial charge in [-0.05, 0) is 62.1 Å². The van der Waals surface area contributed by atoms with Crippen LogP contribution in [0.1, 0.15) is 39.1 Å². The number of ketones is 1. The van der Waals surface area contributed by atoms with Crippen molar-refractivity contribution in [2.75, 3.05) is 13.2 Å². The maximum atomic E-state index is 12.6. The van der Waals surface area contributed by atoms with Gasteiger partial charge in [0, 0.05) is 27.9 Å². The highest BCUT2D eigenvalue weighted by atomic mass is 32.1. The number of carbonyl (C=O) groups excluding carboxylic acids is 2. The Morgan fingerprint density at radius 2 is 1.90 bits per heavy atom. The lowest BCUT2D eigenvalue weighted by Crippen LogP contribution is -2.13. The van der Waals surface area contributed by atoms with Crippen molar-refractivity contribution < 1.29 is 19.1 Å². The van der Waals surface area contributed by atoms with Gasteiger partial charge in [-0.1, -0.05) is 18.2 Å². The molecule has 0 bridgehead atoms. The Kier molecular flexibility index (Phi) is 7.25. The van der Waals surface area contributed by atoms with Crippen molar-refractivity contribution >= 4 is 29.2 Å². The first kappa shape index (κ1) is 21.6. The Balaban J connectivity index is 1.56. The van der Waals surface area contributed by atoms with Gasteiger partial charge in [0.05, 0.1) is 13.2 Å². The van der Waals surface area contributed by atoms with Crippen molar-refractivity contribution in [1.82, 2.24) is 4.57 Å². The molecular weight excluding hydrogens is 398 g/mol. The largest absolute Gasteiger partial charge is 0.494 e. The summed E-state index contributed by atoms with van der Waals surface area (Å²) in [5.74, 6) is 0.0208. The molecule has 6 heteroatoms. The van der Waals surface area contributed by atoms with E-state index in [-0.39, 0.29) is 12.4 Å². The third-order valence-electron chi connectivity index (χ3n) is 4.72. The molecule has 156 valence electrons. The van der Waals surface area contributed by atoms with Crippen LogP contribution in [-0.2, 0) is 16.1 Å². The van der Waals surface area contributed by atoms with Crippen LogP contribution in [0, 0.1) is 13.8 Å². The van der Waals surface area contributed by atoms with Gasteiger partial charge in [-0.15, -0.1) is 11.3 Å². The summed E-state index contributed by atoms with van der Waals surface area (Å²) < 4.78 is 12.6. The molecular formula is C24H25NO4S. The monoisotopic (exact) mass is 423 g/mol.